The number of hydrogen-bond donors (Lipinski definition) is 0. The Labute approximate surface area is 207 Å². The van der Waals surface area contributed by atoms with Gasteiger partial charge in [0.05, 0.1) is 17.3 Å². The van der Waals surface area contributed by atoms with Gasteiger partial charge in [0, 0.05) is 37.4 Å². The average molecular weight is 491 g/mol. The van der Waals surface area contributed by atoms with Crippen LogP contribution in [-0.4, -0.2) is 62.2 Å². The van der Waals surface area contributed by atoms with Crippen molar-refractivity contribution >= 4 is 50.7 Å². The Morgan fingerprint density at radius 3 is 2.18 bits per heavy atom. The van der Waals surface area contributed by atoms with Gasteiger partial charge < -0.3 is 14.5 Å². The fourth-order valence-electron chi connectivity index (χ4n) is 3.76. The summed E-state index contributed by atoms with van der Waals surface area (Å²) in [6.45, 7) is 13.7. The second kappa shape index (κ2) is 12.8. The molecule has 0 saturated carbocycles. The van der Waals surface area contributed by atoms with Gasteiger partial charge in [-0.3, -0.25) is 9.69 Å². The number of anilines is 2. The maximum Gasteiger partial charge on any atom is 0.260 e. The number of ether oxygens (including phenoxy) is 1. The quantitative estimate of drug-likeness (QED) is 0.352. The molecule has 0 atom stereocenters. The summed E-state index contributed by atoms with van der Waals surface area (Å²) in [7, 11) is 1.66. The molecule has 0 unspecified atom stereocenters. The molecule has 3 rings (SSSR count). The molecule has 0 fully saturated rings. The standard InChI is InChI=1S/C25H34N4O2S.ClH/c1-6-27(7-2)16-17-29(25-26-22-15-14-21(31-5)18-23(22)32-25)24(30)19-10-12-20(13-11-19)28(8-3)9-4;/h10-15,18H,6-9,16-17H2,1-5H3;1H. The molecule has 0 radical (unpaired) electrons. The van der Waals surface area contributed by atoms with E-state index in [1.807, 2.05) is 47.4 Å². The zero-order valence-corrected chi connectivity index (χ0v) is 21.8. The number of aromatic nitrogens is 1. The van der Waals surface area contributed by atoms with Gasteiger partial charge >= 0.3 is 0 Å². The first-order valence-electron chi connectivity index (χ1n) is 11.4. The molecule has 1 heterocycles. The topological polar surface area (TPSA) is 48.9 Å². The van der Waals surface area contributed by atoms with Crippen molar-refractivity contribution in [3.8, 4) is 5.75 Å². The van der Waals surface area contributed by atoms with E-state index >= 15 is 0 Å². The van der Waals surface area contributed by atoms with Crippen LogP contribution in [0, 0.1) is 0 Å². The monoisotopic (exact) mass is 490 g/mol. The Bertz CT molecular complexity index is 1020. The molecular formula is C25H35ClN4O2S. The summed E-state index contributed by atoms with van der Waals surface area (Å²) in [6.07, 6.45) is 0. The molecule has 6 nitrogen and oxygen atoms in total. The highest BCUT2D eigenvalue weighted by molar-refractivity contribution is 7.22. The predicted octanol–water partition coefficient (Wildman–Crippen LogP) is 5.56. The van der Waals surface area contributed by atoms with Crippen molar-refractivity contribution in [2.75, 3.05) is 56.2 Å². The van der Waals surface area contributed by atoms with Gasteiger partial charge in [-0.05, 0) is 69.4 Å². The lowest BCUT2D eigenvalue weighted by Gasteiger charge is -2.25. The predicted molar refractivity (Wildman–Crippen MR) is 143 cm³/mol. The van der Waals surface area contributed by atoms with Crippen molar-refractivity contribution in [1.82, 2.24) is 9.88 Å². The number of amides is 1. The SMILES string of the molecule is CCN(CC)CCN(C(=O)c1ccc(N(CC)CC)cc1)c1nc2ccc(OC)cc2s1.Cl. The Morgan fingerprint density at radius 1 is 0.939 bits per heavy atom. The first kappa shape index (κ1) is 26.9. The van der Waals surface area contributed by atoms with Crippen molar-refractivity contribution in [2.24, 2.45) is 0 Å². The maximum absolute atomic E-state index is 13.6. The average Bonchev–Trinajstić information content (AvgIpc) is 3.25. The number of hydrogen-bond acceptors (Lipinski definition) is 6. The van der Waals surface area contributed by atoms with Crippen LogP contribution in [0.15, 0.2) is 42.5 Å². The minimum Gasteiger partial charge on any atom is -0.497 e. The Balaban J connectivity index is 0.00000385. The summed E-state index contributed by atoms with van der Waals surface area (Å²) in [6, 6.07) is 13.7. The van der Waals surface area contributed by atoms with Crippen LogP contribution in [-0.2, 0) is 0 Å². The van der Waals surface area contributed by atoms with E-state index < -0.39 is 0 Å². The van der Waals surface area contributed by atoms with Crippen molar-refractivity contribution < 1.29 is 9.53 Å². The van der Waals surface area contributed by atoms with Gasteiger partial charge in [-0.25, -0.2) is 4.98 Å². The first-order chi connectivity index (χ1) is 15.5. The number of carbonyl (C=O) groups excluding carboxylic acids is 1. The van der Waals surface area contributed by atoms with Crippen LogP contribution in [0.5, 0.6) is 5.75 Å². The Morgan fingerprint density at radius 2 is 1.61 bits per heavy atom. The number of nitrogens with zero attached hydrogens (tertiary/aromatic N) is 4. The van der Waals surface area contributed by atoms with Crippen LogP contribution in [0.3, 0.4) is 0 Å². The van der Waals surface area contributed by atoms with Crippen LogP contribution in [0.2, 0.25) is 0 Å². The summed E-state index contributed by atoms with van der Waals surface area (Å²) >= 11 is 1.53. The van der Waals surface area contributed by atoms with E-state index in [1.54, 1.807) is 7.11 Å². The van der Waals surface area contributed by atoms with Gasteiger partial charge in [0.15, 0.2) is 5.13 Å². The van der Waals surface area contributed by atoms with E-state index in [-0.39, 0.29) is 18.3 Å². The van der Waals surface area contributed by atoms with Gasteiger partial charge in [-0.1, -0.05) is 25.2 Å². The van der Waals surface area contributed by atoms with Gasteiger partial charge in [-0.2, -0.15) is 0 Å². The number of halogens is 1. The Hall–Kier alpha value is -2.35. The van der Waals surface area contributed by atoms with Crippen LogP contribution < -0.4 is 14.5 Å². The lowest BCUT2D eigenvalue weighted by atomic mass is 10.1. The molecule has 0 saturated heterocycles. The molecule has 0 bridgehead atoms. The fraction of sp³-hybridized carbons (Fsp3) is 0.440. The van der Waals surface area contributed by atoms with Gasteiger partial charge in [0.25, 0.3) is 5.91 Å². The molecule has 33 heavy (non-hydrogen) atoms. The second-order valence-corrected chi connectivity index (χ2v) is 8.54. The minimum atomic E-state index is -0.0192. The molecule has 0 N–H and O–H groups in total. The number of carbonyl (C=O) groups is 1. The molecule has 2 aromatic carbocycles. The lowest BCUT2D eigenvalue weighted by molar-refractivity contribution is 0.0984. The van der Waals surface area contributed by atoms with E-state index in [0.717, 1.165) is 59.5 Å². The number of methoxy groups -OCH3 is 1. The van der Waals surface area contributed by atoms with E-state index in [2.05, 4.69) is 37.5 Å². The number of thiazole rings is 1. The molecule has 180 valence electrons. The number of rotatable bonds is 11. The molecule has 0 spiro atoms. The number of likely N-dealkylation sites (N-methyl/N-ethyl adjacent to an activating group) is 1. The highest BCUT2D eigenvalue weighted by Crippen LogP contribution is 2.32. The van der Waals surface area contributed by atoms with E-state index in [4.69, 9.17) is 9.72 Å². The van der Waals surface area contributed by atoms with Gasteiger partial charge in [0.2, 0.25) is 0 Å². The maximum atomic E-state index is 13.6. The molecule has 0 aliphatic heterocycles. The van der Waals surface area contributed by atoms with Gasteiger partial charge in [0.1, 0.15) is 5.75 Å². The number of fused-ring (bicyclic) bond motifs is 1. The third kappa shape index (κ3) is 6.37. The smallest absolute Gasteiger partial charge is 0.260 e. The van der Waals surface area contributed by atoms with Crippen molar-refractivity contribution in [2.45, 2.75) is 27.7 Å². The third-order valence-electron chi connectivity index (χ3n) is 5.84. The summed E-state index contributed by atoms with van der Waals surface area (Å²) in [4.78, 5) is 24.8. The summed E-state index contributed by atoms with van der Waals surface area (Å²) in [5.41, 5.74) is 2.69. The third-order valence-corrected chi connectivity index (χ3v) is 6.88. The normalized spacial score (nSPS) is 10.8. The largest absolute Gasteiger partial charge is 0.497 e. The number of benzene rings is 2. The molecule has 1 amide bonds. The molecule has 3 aromatic rings. The first-order valence-corrected chi connectivity index (χ1v) is 12.2. The molecule has 0 aliphatic carbocycles. The van der Waals surface area contributed by atoms with Crippen molar-refractivity contribution in [1.29, 1.82) is 0 Å². The minimum absolute atomic E-state index is 0. The van der Waals surface area contributed by atoms with E-state index in [0.29, 0.717) is 12.1 Å². The Kier molecular flexibility index (Phi) is 10.4. The fourth-order valence-corrected chi connectivity index (χ4v) is 4.78. The zero-order valence-electron chi connectivity index (χ0n) is 20.2. The van der Waals surface area contributed by atoms with Crippen molar-refractivity contribution in [3.63, 3.8) is 0 Å². The molecule has 8 heteroatoms. The van der Waals surface area contributed by atoms with E-state index in [1.165, 1.54) is 11.3 Å². The van der Waals surface area contributed by atoms with Crippen LogP contribution >= 0.6 is 23.7 Å². The molecular weight excluding hydrogens is 456 g/mol. The lowest BCUT2D eigenvalue weighted by Crippen LogP contribution is -2.38. The van der Waals surface area contributed by atoms with Crippen LogP contribution in [0.4, 0.5) is 10.8 Å². The summed E-state index contributed by atoms with van der Waals surface area (Å²) in [5.74, 6) is 0.773. The highest BCUT2D eigenvalue weighted by atomic mass is 35.5. The van der Waals surface area contributed by atoms with Crippen LogP contribution in [0.1, 0.15) is 38.1 Å². The molecule has 0 aliphatic rings. The van der Waals surface area contributed by atoms with Gasteiger partial charge in [-0.15, -0.1) is 12.4 Å². The van der Waals surface area contributed by atoms with Crippen LogP contribution in [0.25, 0.3) is 10.2 Å². The summed E-state index contributed by atoms with van der Waals surface area (Å²) < 4.78 is 6.36. The summed E-state index contributed by atoms with van der Waals surface area (Å²) in [5, 5.41) is 0.721. The molecule has 1 aromatic heterocycles. The second-order valence-electron chi connectivity index (χ2n) is 7.53. The van der Waals surface area contributed by atoms with Crippen molar-refractivity contribution in [3.05, 3.63) is 48.0 Å². The zero-order chi connectivity index (χ0) is 23.1. The van der Waals surface area contributed by atoms with E-state index in [9.17, 15) is 4.79 Å². The highest BCUT2D eigenvalue weighted by Gasteiger charge is 2.22.